The number of benzene rings is 2. The van der Waals surface area contributed by atoms with Gasteiger partial charge in [-0.3, -0.25) is 4.79 Å². The fraction of sp³-hybridized carbons (Fsp3) is 0.440. The zero-order valence-electron chi connectivity index (χ0n) is 17.5. The van der Waals surface area contributed by atoms with E-state index >= 15 is 0 Å². The summed E-state index contributed by atoms with van der Waals surface area (Å²) in [5, 5.41) is 11.7. The molecule has 0 saturated carbocycles. The van der Waals surface area contributed by atoms with Gasteiger partial charge in [-0.25, -0.2) is 0 Å². The topological polar surface area (TPSA) is 74.1 Å². The van der Waals surface area contributed by atoms with E-state index in [-0.39, 0.29) is 24.2 Å². The number of carbonyl (C=O) groups is 2. The molecule has 4 atom stereocenters. The Balaban J connectivity index is 1.31. The largest absolute Gasteiger partial charge is 0.550 e. The van der Waals surface area contributed by atoms with Crippen LogP contribution in [-0.4, -0.2) is 55.2 Å². The van der Waals surface area contributed by atoms with Gasteiger partial charge < -0.3 is 24.4 Å². The van der Waals surface area contributed by atoms with Crippen LogP contribution in [-0.2, 0) is 14.3 Å². The van der Waals surface area contributed by atoms with Crippen molar-refractivity contribution in [3.63, 3.8) is 0 Å². The highest BCUT2D eigenvalue weighted by Gasteiger charge is 2.54. The Morgan fingerprint density at radius 3 is 1.90 bits per heavy atom. The third kappa shape index (κ3) is 3.75. The van der Waals surface area contributed by atoms with Crippen molar-refractivity contribution in [2.24, 2.45) is 11.8 Å². The molecule has 3 saturated heterocycles. The van der Waals surface area contributed by atoms with E-state index in [2.05, 4.69) is 48.5 Å². The minimum Gasteiger partial charge on any atom is -0.550 e. The first-order chi connectivity index (χ1) is 15.1. The van der Waals surface area contributed by atoms with E-state index in [1.165, 1.54) is 16.0 Å². The first-order valence-corrected chi connectivity index (χ1v) is 11.2. The number of hydrogen-bond acceptors (Lipinski definition) is 4. The van der Waals surface area contributed by atoms with Crippen molar-refractivity contribution in [3.05, 3.63) is 71.8 Å². The predicted molar refractivity (Wildman–Crippen MR) is 112 cm³/mol. The summed E-state index contributed by atoms with van der Waals surface area (Å²) in [6.45, 7) is 2.88. The molecular weight excluding hydrogens is 392 g/mol. The number of rotatable bonds is 5. The Kier molecular flexibility index (Phi) is 5.50. The lowest BCUT2D eigenvalue weighted by molar-refractivity contribution is -0.929. The molecule has 3 heterocycles. The van der Waals surface area contributed by atoms with Gasteiger partial charge in [-0.2, -0.15) is 0 Å². The van der Waals surface area contributed by atoms with E-state index in [1.807, 2.05) is 17.0 Å². The highest BCUT2D eigenvalue weighted by atomic mass is 16.5. The number of carboxylic acids is 1. The van der Waals surface area contributed by atoms with Gasteiger partial charge in [0.25, 0.3) is 0 Å². The Bertz CT molecular complexity index is 888. The first kappa shape index (κ1) is 20.2. The van der Waals surface area contributed by atoms with Gasteiger partial charge in [-0.15, -0.1) is 0 Å². The summed E-state index contributed by atoms with van der Waals surface area (Å²) >= 11 is 0. The summed E-state index contributed by atoms with van der Waals surface area (Å²) in [5.74, 6) is -2.62. The quantitative estimate of drug-likeness (QED) is 0.742. The van der Waals surface area contributed by atoms with Crippen LogP contribution in [0.4, 0.5) is 0 Å². The molecule has 0 spiro atoms. The Morgan fingerprint density at radius 2 is 1.39 bits per heavy atom. The molecule has 0 unspecified atom stereocenters. The maximum Gasteiger partial charge on any atom is 0.229 e. The highest BCUT2D eigenvalue weighted by molar-refractivity contribution is 5.86. The molecule has 6 nitrogen and oxygen atoms in total. The normalized spacial score (nSPS) is 28.2. The molecule has 2 aromatic rings. The molecule has 0 aliphatic carbocycles. The molecule has 31 heavy (non-hydrogen) atoms. The van der Waals surface area contributed by atoms with Gasteiger partial charge in [0.1, 0.15) is 6.04 Å². The van der Waals surface area contributed by atoms with Crippen molar-refractivity contribution in [3.8, 4) is 0 Å². The SMILES string of the molecule is O=C([O-])[C@@H]1[C@@H](C(=O)N2CC[NH+](C(c3ccccc3)c3ccccc3)CC2)[C@H]2CC[C@@H]1O2. The van der Waals surface area contributed by atoms with Gasteiger partial charge in [0.15, 0.2) is 0 Å². The summed E-state index contributed by atoms with van der Waals surface area (Å²) in [6, 6.07) is 21.2. The van der Waals surface area contributed by atoms with Crippen LogP contribution in [0.1, 0.15) is 30.0 Å². The van der Waals surface area contributed by atoms with Gasteiger partial charge in [-0.05, 0) is 12.8 Å². The molecule has 5 rings (SSSR count). The van der Waals surface area contributed by atoms with Crippen molar-refractivity contribution >= 4 is 11.9 Å². The lowest BCUT2D eigenvalue weighted by Crippen LogP contribution is -3.15. The molecule has 0 aromatic heterocycles. The van der Waals surface area contributed by atoms with E-state index in [4.69, 9.17) is 4.74 Å². The van der Waals surface area contributed by atoms with Gasteiger partial charge in [0, 0.05) is 23.0 Å². The fourth-order valence-electron chi connectivity index (χ4n) is 5.76. The number of carboxylic acid groups (broad SMARTS) is 1. The molecule has 2 aromatic carbocycles. The maximum atomic E-state index is 13.3. The standard InChI is InChI=1S/C25H28N2O4/c28-24(21-19-11-12-20(31-19)22(21)25(29)30)27-15-13-26(14-16-27)23(17-7-3-1-4-8-17)18-9-5-2-6-10-18/h1-10,19-23H,11-16H2,(H,29,30)/t19-,20+,21+,22+/m1/s1. The molecule has 1 amide bonds. The number of nitrogens with one attached hydrogen (secondary N) is 1. The van der Waals surface area contributed by atoms with Crippen molar-refractivity contribution in [1.82, 2.24) is 4.90 Å². The lowest BCUT2D eigenvalue weighted by Gasteiger charge is -2.39. The van der Waals surface area contributed by atoms with E-state index in [1.54, 1.807) is 0 Å². The van der Waals surface area contributed by atoms with Crippen LogP contribution in [0, 0.1) is 11.8 Å². The number of fused-ring (bicyclic) bond motifs is 2. The van der Waals surface area contributed by atoms with Crippen LogP contribution >= 0.6 is 0 Å². The van der Waals surface area contributed by atoms with Gasteiger partial charge >= 0.3 is 0 Å². The molecule has 0 radical (unpaired) electrons. The number of piperazine rings is 1. The first-order valence-electron chi connectivity index (χ1n) is 11.2. The second kappa shape index (κ2) is 8.44. The minimum absolute atomic E-state index is 0.0728. The van der Waals surface area contributed by atoms with E-state index in [0.717, 1.165) is 19.5 Å². The number of carbonyl (C=O) groups excluding carboxylic acids is 2. The minimum atomic E-state index is -1.15. The summed E-state index contributed by atoms with van der Waals surface area (Å²) in [6.07, 6.45) is 0.838. The monoisotopic (exact) mass is 420 g/mol. The molecule has 2 bridgehead atoms. The smallest absolute Gasteiger partial charge is 0.229 e. The second-order valence-corrected chi connectivity index (χ2v) is 8.90. The van der Waals surface area contributed by atoms with Gasteiger partial charge in [0.05, 0.1) is 44.3 Å². The molecule has 162 valence electrons. The number of amides is 1. The molecule has 3 fully saturated rings. The second-order valence-electron chi connectivity index (χ2n) is 8.90. The number of hydrogen-bond donors (Lipinski definition) is 1. The Hall–Kier alpha value is -2.70. The zero-order chi connectivity index (χ0) is 21.4. The molecule has 3 aliphatic heterocycles. The van der Waals surface area contributed by atoms with Gasteiger partial charge in [-0.1, -0.05) is 60.7 Å². The molecular formula is C25H28N2O4. The van der Waals surface area contributed by atoms with Crippen LogP contribution < -0.4 is 10.0 Å². The number of ether oxygens (including phenoxy) is 1. The maximum absolute atomic E-state index is 13.3. The van der Waals surface area contributed by atoms with Crippen LogP contribution in [0.3, 0.4) is 0 Å². The Morgan fingerprint density at radius 1 is 0.871 bits per heavy atom. The predicted octanol–water partition coefficient (Wildman–Crippen LogP) is 0.0466. The third-order valence-corrected chi connectivity index (χ3v) is 7.22. The zero-order valence-corrected chi connectivity index (χ0v) is 17.5. The van der Waals surface area contributed by atoms with Crippen molar-refractivity contribution in [2.45, 2.75) is 31.1 Å². The number of quaternary nitrogens is 1. The molecule has 1 N–H and O–H groups in total. The van der Waals surface area contributed by atoms with E-state index in [9.17, 15) is 14.7 Å². The summed E-state index contributed by atoms with van der Waals surface area (Å²) < 4.78 is 5.77. The number of aliphatic carboxylic acids is 1. The summed E-state index contributed by atoms with van der Waals surface area (Å²) in [4.78, 5) is 28.2. The van der Waals surface area contributed by atoms with Crippen LogP contribution in [0.5, 0.6) is 0 Å². The summed E-state index contributed by atoms with van der Waals surface area (Å²) in [7, 11) is 0. The van der Waals surface area contributed by atoms with Crippen molar-refractivity contribution < 1.29 is 24.3 Å². The summed E-state index contributed by atoms with van der Waals surface area (Å²) in [5.41, 5.74) is 2.53. The van der Waals surface area contributed by atoms with Gasteiger partial charge in [0.2, 0.25) is 5.91 Å². The number of nitrogens with zero attached hydrogens (tertiary/aromatic N) is 1. The fourth-order valence-corrected chi connectivity index (χ4v) is 5.76. The van der Waals surface area contributed by atoms with Crippen molar-refractivity contribution in [1.29, 1.82) is 0 Å². The average molecular weight is 421 g/mol. The van der Waals surface area contributed by atoms with Crippen LogP contribution in [0.2, 0.25) is 0 Å². The van der Waals surface area contributed by atoms with Crippen LogP contribution in [0.15, 0.2) is 60.7 Å². The van der Waals surface area contributed by atoms with E-state index in [0.29, 0.717) is 19.5 Å². The molecule has 6 heteroatoms. The highest BCUT2D eigenvalue weighted by Crippen LogP contribution is 2.44. The average Bonchev–Trinajstić information content (AvgIpc) is 3.43. The Labute approximate surface area is 182 Å². The lowest BCUT2D eigenvalue weighted by atomic mass is 9.78. The third-order valence-electron chi connectivity index (χ3n) is 7.22. The van der Waals surface area contributed by atoms with Crippen molar-refractivity contribution in [2.75, 3.05) is 26.2 Å². The van der Waals surface area contributed by atoms with Crippen LogP contribution in [0.25, 0.3) is 0 Å². The van der Waals surface area contributed by atoms with E-state index < -0.39 is 17.8 Å². The molecule has 3 aliphatic rings.